The highest BCUT2D eigenvalue weighted by Gasteiger charge is 2.34. The molecule has 5 nitrogen and oxygen atoms in total. The van der Waals surface area contributed by atoms with Crippen molar-refractivity contribution < 1.29 is 22.6 Å². The van der Waals surface area contributed by atoms with Crippen molar-refractivity contribution in [2.24, 2.45) is 0 Å². The number of morpholine rings is 1. The van der Waals surface area contributed by atoms with Crippen molar-refractivity contribution in [3.63, 3.8) is 0 Å². The fraction of sp³-hybridized carbons (Fsp3) is 0.435. The van der Waals surface area contributed by atoms with E-state index in [1.807, 2.05) is 29.2 Å². The Hall–Kier alpha value is -2.07. The lowest BCUT2D eigenvalue weighted by Crippen LogP contribution is -2.40. The van der Waals surface area contributed by atoms with Gasteiger partial charge in [-0.15, -0.1) is 0 Å². The van der Waals surface area contributed by atoms with Gasteiger partial charge < -0.3 is 19.7 Å². The Kier molecular flexibility index (Phi) is 9.19. The van der Waals surface area contributed by atoms with E-state index in [2.05, 4.69) is 10.2 Å². The molecule has 2 aromatic carbocycles. The van der Waals surface area contributed by atoms with Crippen molar-refractivity contribution in [1.29, 1.82) is 0 Å². The van der Waals surface area contributed by atoms with Crippen LogP contribution in [-0.4, -0.2) is 61.4 Å². The van der Waals surface area contributed by atoms with Gasteiger partial charge >= 0.3 is 6.18 Å². The van der Waals surface area contributed by atoms with Crippen LogP contribution in [0.4, 0.5) is 18.9 Å². The normalized spacial score (nSPS) is 14.7. The minimum atomic E-state index is -4.53. The van der Waals surface area contributed by atoms with Crippen LogP contribution >= 0.6 is 23.8 Å². The third kappa shape index (κ3) is 7.74. The van der Waals surface area contributed by atoms with Crippen LogP contribution in [0, 0.1) is 0 Å². The predicted molar refractivity (Wildman–Crippen MR) is 128 cm³/mol. The fourth-order valence-corrected chi connectivity index (χ4v) is 4.01. The summed E-state index contributed by atoms with van der Waals surface area (Å²) in [6.07, 6.45) is -3.72. The molecule has 0 spiro atoms. The zero-order valence-corrected chi connectivity index (χ0v) is 19.9. The molecule has 1 heterocycles. The molecule has 1 aliphatic rings. The molecular weight excluding hydrogens is 475 g/mol. The Labute approximate surface area is 202 Å². The Balaban J connectivity index is 1.73. The molecule has 10 heteroatoms. The van der Waals surface area contributed by atoms with Gasteiger partial charge in [-0.05, 0) is 54.5 Å². The van der Waals surface area contributed by atoms with Crippen molar-refractivity contribution in [3.8, 4) is 5.75 Å². The summed E-state index contributed by atoms with van der Waals surface area (Å²) in [5.74, 6) is 0.729. The van der Waals surface area contributed by atoms with E-state index in [0.717, 1.165) is 43.4 Å². The van der Waals surface area contributed by atoms with Gasteiger partial charge in [0.2, 0.25) is 0 Å². The molecule has 2 aromatic rings. The lowest BCUT2D eigenvalue weighted by atomic mass is 10.1. The highest BCUT2D eigenvalue weighted by Crippen LogP contribution is 2.36. The molecule has 0 unspecified atom stereocenters. The maximum absolute atomic E-state index is 13.5. The first-order valence-corrected chi connectivity index (χ1v) is 11.4. The number of hydrogen-bond acceptors (Lipinski definition) is 4. The van der Waals surface area contributed by atoms with Crippen LogP contribution in [0.15, 0.2) is 42.5 Å². The lowest BCUT2D eigenvalue weighted by molar-refractivity contribution is -0.136. The Morgan fingerprint density at radius 3 is 2.52 bits per heavy atom. The second-order valence-corrected chi connectivity index (χ2v) is 8.52. The zero-order valence-electron chi connectivity index (χ0n) is 18.3. The predicted octanol–water partition coefficient (Wildman–Crippen LogP) is 5.29. The molecule has 180 valence electrons. The van der Waals surface area contributed by atoms with Crippen LogP contribution in [-0.2, 0) is 17.5 Å². The van der Waals surface area contributed by atoms with Crippen LogP contribution in [0.1, 0.15) is 17.5 Å². The van der Waals surface area contributed by atoms with E-state index in [9.17, 15) is 13.2 Å². The molecule has 0 bridgehead atoms. The van der Waals surface area contributed by atoms with Crippen molar-refractivity contribution >= 4 is 34.6 Å². The third-order valence-corrected chi connectivity index (χ3v) is 5.95. The maximum atomic E-state index is 13.5. The number of hydrogen-bond donors (Lipinski definition) is 1. The molecule has 33 heavy (non-hydrogen) atoms. The number of nitrogens with one attached hydrogen (secondary N) is 1. The van der Waals surface area contributed by atoms with Gasteiger partial charge in [0.25, 0.3) is 0 Å². The minimum absolute atomic E-state index is 0.159. The summed E-state index contributed by atoms with van der Waals surface area (Å²) in [5.41, 5.74) is -0.00617. The Morgan fingerprint density at radius 1 is 1.18 bits per heavy atom. The summed E-state index contributed by atoms with van der Waals surface area (Å²) in [7, 11) is 1.59. The number of nitrogens with zero attached hydrogens (tertiary/aromatic N) is 2. The fourth-order valence-electron chi connectivity index (χ4n) is 3.58. The van der Waals surface area contributed by atoms with Crippen molar-refractivity contribution in [2.45, 2.75) is 19.1 Å². The molecule has 0 radical (unpaired) electrons. The molecule has 0 amide bonds. The number of methoxy groups -OCH3 is 1. The van der Waals surface area contributed by atoms with Gasteiger partial charge in [-0.2, -0.15) is 13.2 Å². The summed E-state index contributed by atoms with van der Waals surface area (Å²) in [5, 5.41) is 3.19. The number of ether oxygens (including phenoxy) is 2. The number of benzene rings is 2. The number of thiocarbonyl (C=S) groups is 1. The van der Waals surface area contributed by atoms with Gasteiger partial charge in [-0.1, -0.05) is 23.7 Å². The average molecular weight is 502 g/mol. The number of anilines is 1. The van der Waals surface area contributed by atoms with Crippen LogP contribution in [0.5, 0.6) is 5.75 Å². The SMILES string of the molecule is COc1ccc(CN(CCCN2CCOCC2)C(=S)Nc2cc(Cl)ccc2C(F)(F)F)cc1. The van der Waals surface area contributed by atoms with Gasteiger partial charge in [0.05, 0.1) is 31.6 Å². The van der Waals surface area contributed by atoms with E-state index in [1.54, 1.807) is 7.11 Å². The largest absolute Gasteiger partial charge is 0.497 e. The van der Waals surface area contributed by atoms with Crippen LogP contribution in [0.3, 0.4) is 0 Å². The van der Waals surface area contributed by atoms with Gasteiger partial charge in [0.1, 0.15) is 5.75 Å². The van der Waals surface area contributed by atoms with E-state index < -0.39 is 11.7 Å². The summed E-state index contributed by atoms with van der Waals surface area (Å²) < 4.78 is 51.1. The van der Waals surface area contributed by atoms with Crippen molar-refractivity contribution in [2.75, 3.05) is 51.8 Å². The number of alkyl halides is 3. The smallest absolute Gasteiger partial charge is 0.418 e. The topological polar surface area (TPSA) is 37.0 Å². The summed E-state index contributed by atoms with van der Waals surface area (Å²) in [4.78, 5) is 4.18. The summed E-state index contributed by atoms with van der Waals surface area (Å²) in [6.45, 7) is 5.06. The molecule has 0 aliphatic carbocycles. The minimum Gasteiger partial charge on any atom is -0.497 e. The molecule has 1 N–H and O–H groups in total. The first-order chi connectivity index (χ1) is 15.8. The molecule has 0 saturated carbocycles. The molecule has 1 aliphatic heterocycles. The molecule has 1 fully saturated rings. The Bertz CT molecular complexity index is 922. The van der Waals surface area contributed by atoms with Gasteiger partial charge in [-0.3, -0.25) is 4.90 Å². The summed E-state index contributed by atoms with van der Waals surface area (Å²) in [6, 6.07) is 10.9. The molecule has 0 atom stereocenters. The number of rotatable bonds is 8. The maximum Gasteiger partial charge on any atom is 0.418 e. The van der Waals surface area contributed by atoms with Gasteiger partial charge in [0.15, 0.2) is 5.11 Å². The second kappa shape index (κ2) is 11.9. The third-order valence-electron chi connectivity index (χ3n) is 5.35. The monoisotopic (exact) mass is 501 g/mol. The molecule has 1 saturated heterocycles. The van der Waals surface area contributed by atoms with Gasteiger partial charge in [0, 0.05) is 37.7 Å². The highest BCUT2D eigenvalue weighted by molar-refractivity contribution is 7.80. The second-order valence-electron chi connectivity index (χ2n) is 7.70. The van der Waals surface area contributed by atoms with Crippen LogP contribution in [0.2, 0.25) is 5.02 Å². The average Bonchev–Trinajstić information content (AvgIpc) is 2.78. The summed E-state index contributed by atoms with van der Waals surface area (Å²) >= 11 is 11.5. The first-order valence-electron chi connectivity index (χ1n) is 10.6. The van der Waals surface area contributed by atoms with E-state index in [-0.39, 0.29) is 15.8 Å². The van der Waals surface area contributed by atoms with Crippen LogP contribution in [0.25, 0.3) is 0 Å². The van der Waals surface area contributed by atoms with E-state index >= 15 is 0 Å². The van der Waals surface area contributed by atoms with E-state index in [0.29, 0.717) is 26.3 Å². The Morgan fingerprint density at radius 2 is 1.88 bits per heavy atom. The standard InChI is InChI=1S/C23H27ClF3N3O2S/c1-31-19-6-3-17(4-7-19)16-30(10-2-9-29-11-13-32-14-12-29)22(33)28-21-15-18(24)5-8-20(21)23(25,26)27/h3-8,15H,2,9-14,16H2,1H3,(H,28,33). The van der Waals surface area contributed by atoms with Crippen molar-refractivity contribution in [1.82, 2.24) is 9.80 Å². The van der Waals surface area contributed by atoms with Gasteiger partial charge in [-0.25, -0.2) is 0 Å². The molecule has 3 rings (SSSR count). The quantitative estimate of drug-likeness (QED) is 0.495. The molecular formula is C23H27ClF3N3O2S. The lowest BCUT2D eigenvalue weighted by Gasteiger charge is -2.30. The van der Waals surface area contributed by atoms with Crippen molar-refractivity contribution in [3.05, 3.63) is 58.6 Å². The number of halogens is 4. The van der Waals surface area contributed by atoms with E-state index in [1.165, 1.54) is 12.1 Å². The zero-order chi connectivity index (χ0) is 23.8. The first kappa shape index (κ1) is 25.6. The van der Waals surface area contributed by atoms with E-state index in [4.69, 9.17) is 33.3 Å². The highest BCUT2D eigenvalue weighted by atomic mass is 35.5. The van der Waals surface area contributed by atoms with Crippen LogP contribution < -0.4 is 10.1 Å². The molecule has 0 aromatic heterocycles.